The molecule has 0 heterocycles. The Morgan fingerprint density at radius 2 is 2.17 bits per heavy atom. The van der Waals surface area contributed by atoms with Gasteiger partial charge in [-0.15, -0.1) is 0 Å². The number of methoxy groups -OCH3 is 1. The van der Waals surface area contributed by atoms with Crippen LogP contribution in [0.15, 0.2) is 23.1 Å². The summed E-state index contributed by atoms with van der Waals surface area (Å²) in [5.41, 5.74) is 0.815. The fourth-order valence-corrected chi connectivity index (χ4v) is 2.74. The molecule has 1 aromatic rings. The van der Waals surface area contributed by atoms with E-state index in [1.54, 1.807) is 26.0 Å². The van der Waals surface area contributed by atoms with E-state index in [1.165, 1.54) is 13.2 Å². The highest BCUT2D eigenvalue weighted by Crippen LogP contribution is 2.18. The van der Waals surface area contributed by atoms with Gasteiger partial charge in [0.05, 0.1) is 16.6 Å². The first-order chi connectivity index (χ1) is 8.42. The van der Waals surface area contributed by atoms with Gasteiger partial charge < -0.3 is 4.74 Å². The molecule has 0 radical (unpaired) electrons. The van der Waals surface area contributed by atoms with Gasteiger partial charge in [0.1, 0.15) is 6.07 Å². The fraction of sp³-hybridized carbons (Fsp3) is 0.417. The van der Waals surface area contributed by atoms with Gasteiger partial charge in [0, 0.05) is 13.7 Å². The van der Waals surface area contributed by atoms with Gasteiger partial charge in [-0.1, -0.05) is 12.1 Å². The van der Waals surface area contributed by atoms with E-state index in [4.69, 9.17) is 10.00 Å². The number of rotatable bonds is 5. The summed E-state index contributed by atoms with van der Waals surface area (Å²) in [5.74, 6) is 0. The summed E-state index contributed by atoms with van der Waals surface area (Å²) in [4.78, 5) is 0.00769. The minimum Gasteiger partial charge on any atom is -0.380 e. The molecule has 6 heteroatoms. The maximum atomic E-state index is 12.1. The van der Waals surface area contributed by atoms with Gasteiger partial charge in [0.15, 0.2) is 0 Å². The Morgan fingerprint density at radius 3 is 2.72 bits per heavy atom. The molecule has 1 rings (SSSR count). The van der Waals surface area contributed by atoms with Crippen LogP contribution in [0.2, 0.25) is 0 Å². The Balaban J connectivity index is 3.07. The molecule has 0 fully saturated rings. The zero-order chi connectivity index (χ0) is 13.8. The summed E-state index contributed by atoms with van der Waals surface area (Å²) in [6, 6.07) is 6.66. The molecule has 1 N–H and O–H groups in total. The normalized spacial score (nSPS) is 13.0. The van der Waals surface area contributed by atoms with E-state index in [-0.39, 0.29) is 23.1 Å². The molecule has 0 saturated heterocycles. The van der Waals surface area contributed by atoms with Crippen LogP contribution in [0.5, 0.6) is 0 Å². The maximum absolute atomic E-state index is 12.1. The largest absolute Gasteiger partial charge is 0.380 e. The third kappa shape index (κ3) is 3.29. The first-order valence-corrected chi connectivity index (χ1v) is 6.93. The quantitative estimate of drug-likeness (QED) is 0.869. The summed E-state index contributed by atoms with van der Waals surface area (Å²) >= 11 is 0. The van der Waals surface area contributed by atoms with E-state index in [1.807, 2.05) is 6.07 Å². The third-order valence-corrected chi connectivity index (χ3v) is 4.07. The number of hydrogen-bond acceptors (Lipinski definition) is 4. The molecule has 0 aliphatic rings. The topological polar surface area (TPSA) is 79.2 Å². The zero-order valence-corrected chi connectivity index (χ0v) is 11.4. The predicted octanol–water partition coefficient (Wildman–Crippen LogP) is 1.18. The lowest BCUT2D eigenvalue weighted by atomic mass is 10.1. The number of nitrogens with one attached hydrogen (secondary N) is 1. The lowest BCUT2D eigenvalue weighted by molar-refractivity contribution is 0.122. The molecule has 1 unspecified atom stereocenters. The molecule has 0 spiro atoms. The number of nitrogens with zero attached hydrogens (tertiary/aromatic N) is 1. The Kier molecular flexibility index (Phi) is 4.84. The molecule has 0 amide bonds. The molecule has 0 bridgehead atoms. The first-order valence-electron chi connectivity index (χ1n) is 5.44. The van der Waals surface area contributed by atoms with Crippen molar-refractivity contribution in [2.24, 2.45) is 0 Å². The van der Waals surface area contributed by atoms with E-state index in [2.05, 4.69) is 4.72 Å². The molecule has 18 heavy (non-hydrogen) atoms. The Bertz CT molecular complexity index is 561. The zero-order valence-electron chi connectivity index (χ0n) is 10.6. The second-order valence-corrected chi connectivity index (χ2v) is 5.69. The van der Waals surface area contributed by atoms with E-state index in [0.29, 0.717) is 5.56 Å². The van der Waals surface area contributed by atoms with Crippen molar-refractivity contribution in [1.82, 2.24) is 4.72 Å². The molecule has 0 aromatic heterocycles. The van der Waals surface area contributed by atoms with Crippen LogP contribution >= 0.6 is 0 Å². The number of aryl methyl sites for hydroxylation is 1. The number of sulfonamides is 1. The van der Waals surface area contributed by atoms with Gasteiger partial charge in [0.2, 0.25) is 10.0 Å². The number of ether oxygens (including phenoxy) is 1. The summed E-state index contributed by atoms with van der Waals surface area (Å²) in [6.07, 6.45) is -0.227. The van der Waals surface area contributed by atoms with Crippen molar-refractivity contribution < 1.29 is 13.2 Å². The molecular weight excluding hydrogens is 252 g/mol. The van der Waals surface area contributed by atoms with Crippen LogP contribution in [0.1, 0.15) is 18.1 Å². The van der Waals surface area contributed by atoms with Gasteiger partial charge in [0.25, 0.3) is 0 Å². The Morgan fingerprint density at radius 1 is 1.50 bits per heavy atom. The second kappa shape index (κ2) is 5.96. The minimum absolute atomic E-state index is 0.00769. The monoisotopic (exact) mass is 268 g/mol. The molecule has 1 aromatic carbocycles. The van der Waals surface area contributed by atoms with Gasteiger partial charge in [-0.05, 0) is 25.5 Å². The van der Waals surface area contributed by atoms with Crippen LogP contribution in [0.3, 0.4) is 0 Å². The minimum atomic E-state index is -3.68. The maximum Gasteiger partial charge on any atom is 0.241 e. The highest BCUT2D eigenvalue weighted by Gasteiger charge is 2.20. The third-order valence-electron chi connectivity index (χ3n) is 2.60. The van der Waals surface area contributed by atoms with Crippen molar-refractivity contribution in [1.29, 1.82) is 5.26 Å². The highest BCUT2D eigenvalue weighted by molar-refractivity contribution is 7.89. The second-order valence-electron chi connectivity index (χ2n) is 3.96. The summed E-state index contributed by atoms with van der Waals surface area (Å²) in [6.45, 7) is 3.62. The summed E-state index contributed by atoms with van der Waals surface area (Å²) in [5, 5.41) is 9.02. The SMILES string of the molecule is COC(C)CNS(=O)(=O)c1cccc(C)c1C#N. The van der Waals surface area contributed by atoms with Gasteiger partial charge >= 0.3 is 0 Å². The Hall–Kier alpha value is -1.42. The van der Waals surface area contributed by atoms with Crippen LogP contribution in [0, 0.1) is 18.3 Å². The molecule has 0 saturated carbocycles. The Labute approximate surface area is 107 Å². The molecular formula is C12H16N2O3S. The highest BCUT2D eigenvalue weighted by atomic mass is 32.2. The predicted molar refractivity (Wildman–Crippen MR) is 67.6 cm³/mol. The molecule has 0 aliphatic carbocycles. The van der Waals surface area contributed by atoms with Crippen LogP contribution in [-0.4, -0.2) is 28.2 Å². The molecule has 0 aliphatic heterocycles. The average Bonchev–Trinajstić information content (AvgIpc) is 2.35. The van der Waals surface area contributed by atoms with E-state index in [9.17, 15) is 8.42 Å². The molecule has 1 atom stereocenters. The first kappa shape index (κ1) is 14.6. The lowest BCUT2D eigenvalue weighted by Crippen LogP contribution is -2.32. The number of benzene rings is 1. The number of hydrogen-bond donors (Lipinski definition) is 1. The van der Waals surface area contributed by atoms with E-state index in [0.717, 1.165) is 0 Å². The molecule has 98 valence electrons. The fourth-order valence-electron chi connectivity index (χ4n) is 1.40. The van der Waals surface area contributed by atoms with Crippen molar-refractivity contribution in [3.63, 3.8) is 0 Å². The van der Waals surface area contributed by atoms with Gasteiger partial charge in [-0.25, -0.2) is 13.1 Å². The van der Waals surface area contributed by atoms with Crippen LogP contribution in [0.4, 0.5) is 0 Å². The van der Waals surface area contributed by atoms with E-state index >= 15 is 0 Å². The van der Waals surface area contributed by atoms with Crippen molar-refractivity contribution in [3.05, 3.63) is 29.3 Å². The summed E-state index contributed by atoms with van der Waals surface area (Å²) in [7, 11) is -2.18. The standard InChI is InChI=1S/C12H16N2O3S/c1-9-5-4-6-12(11(9)7-13)18(15,16)14-8-10(2)17-3/h4-6,10,14H,8H2,1-3H3. The van der Waals surface area contributed by atoms with Crippen molar-refractivity contribution >= 4 is 10.0 Å². The number of nitriles is 1. The van der Waals surface area contributed by atoms with Gasteiger partial charge in [-0.3, -0.25) is 0 Å². The lowest BCUT2D eigenvalue weighted by Gasteiger charge is -2.12. The average molecular weight is 268 g/mol. The van der Waals surface area contributed by atoms with Crippen molar-refractivity contribution in [2.45, 2.75) is 24.8 Å². The van der Waals surface area contributed by atoms with E-state index < -0.39 is 10.0 Å². The van der Waals surface area contributed by atoms with Crippen LogP contribution in [0.25, 0.3) is 0 Å². The molecule has 5 nitrogen and oxygen atoms in total. The van der Waals surface area contributed by atoms with Gasteiger partial charge in [-0.2, -0.15) is 5.26 Å². The summed E-state index contributed by atoms with van der Waals surface area (Å²) < 4.78 is 31.5. The van der Waals surface area contributed by atoms with Crippen molar-refractivity contribution in [3.8, 4) is 6.07 Å². The smallest absolute Gasteiger partial charge is 0.241 e. The van der Waals surface area contributed by atoms with Crippen LogP contribution in [-0.2, 0) is 14.8 Å². The van der Waals surface area contributed by atoms with Crippen molar-refractivity contribution in [2.75, 3.05) is 13.7 Å². The van der Waals surface area contributed by atoms with Crippen LogP contribution < -0.4 is 4.72 Å².